The number of amides is 2. The number of benzene rings is 1. The first-order chi connectivity index (χ1) is 11.7. The minimum Gasteiger partial charge on any atom is -0.454 e. The van der Waals surface area contributed by atoms with Crippen LogP contribution in [-0.4, -0.2) is 63.2 Å². The SMILES string of the molecule is CC(CN1CCOCC1)NC(=O)NCCc1ccc2c(c1)OCO2. The first kappa shape index (κ1) is 16.9. The number of morpholine rings is 1. The van der Waals surface area contributed by atoms with Gasteiger partial charge in [0.1, 0.15) is 0 Å². The van der Waals surface area contributed by atoms with Gasteiger partial charge in [-0.1, -0.05) is 6.07 Å². The molecule has 0 saturated carbocycles. The van der Waals surface area contributed by atoms with Gasteiger partial charge in [0.15, 0.2) is 11.5 Å². The molecule has 1 atom stereocenters. The maximum atomic E-state index is 12.0. The Morgan fingerprint density at radius 3 is 2.88 bits per heavy atom. The van der Waals surface area contributed by atoms with E-state index in [2.05, 4.69) is 15.5 Å². The number of nitrogens with one attached hydrogen (secondary N) is 2. The Hall–Kier alpha value is -1.99. The number of urea groups is 1. The topological polar surface area (TPSA) is 72.1 Å². The monoisotopic (exact) mass is 335 g/mol. The van der Waals surface area contributed by atoms with Crippen molar-refractivity contribution >= 4 is 6.03 Å². The molecule has 0 radical (unpaired) electrons. The van der Waals surface area contributed by atoms with Gasteiger partial charge in [-0.25, -0.2) is 4.79 Å². The molecule has 0 aromatic heterocycles. The number of fused-ring (bicyclic) bond motifs is 1. The van der Waals surface area contributed by atoms with Crippen LogP contribution in [0.5, 0.6) is 11.5 Å². The van der Waals surface area contributed by atoms with Crippen LogP contribution >= 0.6 is 0 Å². The predicted molar refractivity (Wildman–Crippen MR) is 89.5 cm³/mol. The van der Waals surface area contributed by atoms with Gasteiger partial charge in [0, 0.05) is 32.2 Å². The van der Waals surface area contributed by atoms with Crippen LogP contribution in [0.4, 0.5) is 4.79 Å². The molecule has 1 unspecified atom stereocenters. The average molecular weight is 335 g/mol. The lowest BCUT2D eigenvalue weighted by molar-refractivity contribution is 0.0349. The van der Waals surface area contributed by atoms with Crippen LogP contribution in [0.3, 0.4) is 0 Å². The normalized spacial score (nSPS) is 18.2. The van der Waals surface area contributed by atoms with E-state index in [0.717, 1.165) is 56.3 Å². The lowest BCUT2D eigenvalue weighted by Gasteiger charge is -2.29. The minimum absolute atomic E-state index is 0.105. The molecule has 7 nitrogen and oxygen atoms in total. The Morgan fingerprint density at radius 2 is 2.04 bits per heavy atom. The lowest BCUT2D eigenvalue weighted by atomic mass is 10.1. The Balaban J connectivity index is 1.34. The molecule has 2 heterocycles. The third-order valence-electron chi connectivity index (χ3n) is 4.15. The molecule has 7 heteroatoms. The van der Waals surface area contributed by atoms with E-state index < -0.39 is 0 Å². The van der Waals surface area contributed by atoms with Crippen LogP contribution in [0.15, 0.2) is 18.2 Å². The molecule has 1 aromatic carbocycles. The molecule has 3 rings (SSSR count). The highest BCUT2D eigenvalue weighted by atomic mass is 16.7. The van der Waals surface area contributed by atoms with Gasteiger partial charge in [0.25, 0.3) is 0 Å². The maximum absolute atomic E-state index is 12.0. The summed E-state index contributed by atoms with van der Waals surface area (Å²) in [6, 6.07) is 5.84. The molecule has 1 aromatic rings. The second kappa shape index (κ2) is 8.21. The third kappa shape index (κ3) is 4.75. The molecule has 2 N–H and O–H groups in total. The quantitative estimate of drug-likeness (QED) is 0.811. The van der Waals surface area contributed by atoms with Crippen molar-refractivity contribution in [2.75, 3.05) is 46.2 Å². The summed E-state index contributed by atoms with van der Waals surface area (Å²) in [5, 5.41) is 5.88. The largest absolute Gasteiger partial charge is 0.454 e. The molecule has 24 heavy (non-hydrogen) atoms. The summed E-state index contributed by atoms with van der Waals surface area (Å²) in [5.74, 6) is 1.55. The van der Waals surface area contributed by atoms with E-state index in [1.807, 2.05) is 25.1 Å². The molecule has 0 aliphatic carbocycles. The Kier molecular flexibility index (Phi) is 5.77. The molecular weight excluding hydrogens is 310 g/mol. The van der Waals surface area contributed by atoms with E-state index in [1.54, 1.807) is 0 Å². The van der Waals surface area contributed by atoms with E-state index in [0.29, 0.717) is 6.54 Å². The highest BCUT2D eigenvalue weighted by Gasteiger charge is 2.15. The highest BCUT2D eigenvalue weighted by molar-refractivity contribution is 5.74. The van der Waals surface area contributed by atoms with Crippen LogP contribution in [0.25, 0.3) is 0 Å². The van der Waals surface area contributed by atoms with Gasteiger partial charge in [-0.2, -0.15) is 0 Å². The van der Waals surface area contributed by atoms with Gasteiger partial charge in [-0.3, -0.25) is 4.90 Å². The van der Waals surface area contributed by atoms with Crippen molar-refractivity contribution < 1.29 is 19.0 Å². The third-order valence-corrected chi connectivity index (χ3v) is 4.15. The fraction of sp³-hybridized carbons (Fsp3) is 0.588. The average Bonchev–Trinajstić information content (AvgIpc) is 3.03. The second-order valence-corrected chi connectivity index (χ2v) is 6.15. The van der Waals surface area contributed by atoms with Crippen molar-refractivity contribution in [2.45, 2.75) is 19.4 Å². The van der Waals surface area contributed by atoms with Crippen LogP contribution in [0.1, 0.15) is 12.5 Å². The number of hydrogen-bond acceptors (Lipinski definition) is 5. The van der Waals surface area contributed by atoms with Crippen LogP contribution in [0.2, 0.25) is 0 Å². The zero-order chi connectivity index (χ0) is 16.8. The summed E-state index contributed by atoms with van der Waals surface area (Å²) < 4.78 is 16.0. The molecular formula is C17H25N3O4. The summed E-state index contributed by atoms with van der Waals surface area (Å²) in [4.78, 5) is 14.3. The number of nitrogens with zero attached hydrogens (tertiary/aromatic N) is 1. The van der Waals surface area contributed by atoms with Crippen molar-refractivity contribution in [3.63, 3.8) is 0 Å². The number of carbonyl (C=O) groups excluding carboxylic acids is 1. The van der Waals surface area contributed by atoms with E-state index >= 15 is 0 Å². The first-order valence-electron chi connectivity index (χ1n) is 8.44. The summed E-state index contributed by atoms with van der Waals surface area (Å²) in [7, 11) is 0. The van der Waals surface area contributed by atoms with Gasteiger partial charge in [0.05, 0.1) is 13.2 Å². The van der Waals surface area contributed by atoms with E-state index in [-0.39, 0.29) is 18.9 Å². The summed E-state index contributed by atoms with van der Waals surface area (Å²) in [6.07, 6.45) is 0.752. The minimum atomic E-state index is -0.128. The van der Waals surface area contributed by atoms with E-state index in [9.17, 15) is 4.79 Å². The van der Waals surface area contributed by atoms with Crippen LogP contribution in [0, 0.1) is 0 Å². The number of hydrogen-bond donors (Lipinski definition) is 2. The van der Waals surface area contributed by atoms with Crippen LogP contribution < -0.4 is 20.1 Å². The highest BCUT2D eigenvalue weighted by Crippen LogP contribution is 2.32. The van der Waals surface area contributed by atoms with Gasteiger partial charge in [-0.15, -0.1) is 0 Å². The number of carbonyl (C=O) groups is 1. The summed E-state index contributed by atoms with van der Waals surface area (Å²) >= 11 is 0. The molecule has 2 amide bonds. The number of ether oxygens (including phenoxy) is 3. The van der Waals surface area contributed by atoms with Crippen LogP contribution in [-0.2, 0) is 11.2 Å². The Labute approximate surface area is 142 Å². The summed E-state index contributed by atoms with van der Waals surface area (Å²) in [5.41, 5.74) is 1.11. The molecule has 1 saturated heterocycles. The Bertz CT molecular complexity index is 561. The van der Waals surface area contributed by atoms with Gasteiger partial charge >= 0.3 is 6.03 Å². The van der Waals surface area contributed by atoms with Gasteiger partial charge in [0.2, 0.25) is 6.79 Å². The smallest absolute Gasteiger partial charge is 0.315 e. The molecule has 1 fully saturated rings. The zero-order valence-corrected chi connectivity index (χ0v) is 14.0. The molecule has 0 bridgehead atoms. The van der Waals surface area contributed by atoms with Crippen molar-refractivity contribution in [1.82, 2.24) is 15.5 Å². The lowest BCUT2D eigenvalue weighted by Crippen LogP contribution is -2.48. The Morgan fingerprint density at radius 1 is 1.25 bits per heavy atom. The van der Waals surface area contributed by atoms with Crippen molar-refractivity contribution in [3.8, 4) is 11.5 Å². The van der Waals surface area contributed by atoms with Crippen molar-refractivity contribution in [3.05, 3.63) is 23.8 Å². The fourth-order valence-electron chi connectivity index (χ4n) is 2.91. The predicted octanol–water partition coefficient (Wildman–Crippen LogP) is 0.978. The standard InChI is InChI=1S/C17H25N3O4/c1-13(11-20-6-8-22-9-7-20)19-17(21)18-5-4-14-2-3-15-16(10-14)24-12-23-15/h2-3,10,13H,4-9,11-12H2,1H3,(H2,18,19,21). The fourth-order valence-corrected chi connectivity index (χ4v) is 2.91. The molecule has 2 aliphatic rings. The van der Waals surface area contributed by atoms with E-state index in [4.69, 9.17) is 14.2 Å². The summed E-state index contributed by atoms with van der Waals surface area (Å²) in [6.45, 7) is 7.13. The van der Waals surface area contributed by atoms with E-state index in [1.165, 1.54) is 0 Å². The zero-order valence-electron chi connectivity index (χ0n) is 14.0. The number of rotatable bonds is 6. The van der Waals surface area contributed by atoms with Crippen molar-refractivity contribution in [2.24, 2.45) is 0 Å². The maximum Gasteiger partial charge on any atom is 0.315 e. The molecule has 0 spiro atoms. The molecule has 132 valence electrons. The first-order valence-corrected chi connectivity index (χ1v) is 8.44. The van der Waals surface area contributed by atoms with Gasteiger partial charge < -0.3 is 24.8 Å². The molecule has 2 aliphatic heterocycles. The second-order valence-electron chi connectivity index (χ2n) is 6.15. The van der Waals surface area contributed by atoms with Crippen molar-refractivity contribution in [1.29, 1.82) is 0 Å². The van der Waals surface area contributed by atoms with Gasteiger partial charge in [-0.05, 0) is 31.0 Å².